The van der Waals surface area contributed by atoms with Gasteiger partial charge in [0.2, 0.25) is 0 Å². The number of carboxylic acid groups (broad SMARTS) is 1. The molecule has 0 heterocycles. The van der Waals surface area contributed by atoms with Gasteiger partial charge in [-0.2, -0.15) is 0 Å². The van der Waals surface area contributed by atoms with E-state index in [0.717, 1.165) is 7.11 Å². The highest BCUT2D eigenvalue weighted by Crippen LogP contribution is 2.03. The molecule has 1 atom stereocenters. The van der Waals surface area contributed by atoms with Crippen LogP contribution in [-0.4, -0.2) is 30.7 Å². The van der Waals surface area contributed by atoms with Crippen LogP contribution in [0.3, 0.4) is 0 Å². The molecule has 0 rings (SSSR count). The first-order chi connectivity index (χ1) is 5.13. The Balaban J connectivity index is 4.09. The van der Waals surface area contributed by atoms with E-state index in [-0.39, 0.29) is 13.0 Å². The standard InChI is InChI=1S/C6H11NO4/c1-11-6(10)4(2-3-7)5(8)9/h4H,2-3,7H2,1H3,(H,8,9). The minimum Gasteiger partial charge on any atom is -0.481 e. The molecule has 5 nitrogen and oxygen atoms in total. The Hall–Kier alpha value is -1.10. The molecule has 0 saturated heterocycles. The van der Waals surface area contributed by atoms with Gasteiger partial charge in [0, 0.05) is 0 Å². The highest BCUT2D eigenvalue weighted by Gasteiger charge is 2.25. The number of esters is 1. The zero-order chi connectivity index (χ0) is 8.85. The van der Waals surface area contributed by atoms with Crippen molar-refractivity contribution in [1.82, 2.24) is 0 Å². The number of carbonyl (C=O) groups excluding carboxylic acids is 1. The van der Waals surface area contributed by atoms with Gasteiger partial charge in [0.25, 0.3) is 0 Å². The van der Waals surface area contributed by atoms with Gasteiger partial charge in [-0.3, -0.25) is 9.59 Å². The third-order valence-electron chi connectivity index (χ3n) is 1.24. The maximum Gasteiger partial charge on any atom is 0.320 e. The van der Waals surface area contributed by atoms with Gasteiger partial charge < -0.3 is 15.6 Å². The van der Waals surface area contributed by atoms with Crippen LogP contribution in [0.25, 0.3) is 0 Å². The molecule has 0 bridgehead atoms. The van der Waals surface area contributed by atoms with Crippen molar-refractivity contribution in [1.29, 1.82) is 0 Å². The first-order valence-corrected chi connectivity index (χ1v) is 3.14. The predicted octanol–water partition coefficient (Wildman–Crippen LogP) is -0.791. The van der Waals surface area contributed by atoms with E-state index in [0.29, 0.717) is 0 Å². The Morgan fingerprint density at radius 2 is 2.18 bits per heavy atom. The van der Waals surface area contributed by atoms with Crippen molar-refractivity contribution >= 4 is 11.9 Å². The van der Waals surface area contributed by atoms with E-state index >= 15 is 0 Å². The van der Waals surface area contributed by atoms with Crippen LogP contribution >= 0.6 is 0 Å². The van der Waals surface area contributed by atoms with Gasteiger partial charge in [0.15, 0.2) is 5.92 Å². The Bertz CT molecular complexity index is 157. The number of nitrogens with two attached hydrogens (primary N) is 1. The largest absolute Gasteiger partial charge is 0.481 e. The molecule has 0 amide bonds. The smallest absolute Gasteiger partial charge is 0.320 e. The third kappa shape index (κ3) is 2.99. The van der Waals surface area contributed by atoms with Crippen molar-refractivity contribution in [2.45, 2.75) is 6.42 Å². The number of aliphatic carboxylic acids is 1. The fourth-order valence-corrected chi connectivity index (χ4v) is 0.651. The summed E-state index contributed by atoms with van der Waals surface area (Å²) in [6, 6.07) is 0. The molecule has 0 aliphatic heterocycles. The van der Waals surface area contributed by atoms with E-state index in [2.05, 4.69) is 4.74 Å². The highest BCUT2D eigenvalue weighted by molar-refractivity contribution is 5.93. The molecule has 0 fully saturated rings. The van der Waals surface area contributed by atoms with Crippen LogP contribution in [0, 0.1) is 5.92 Å². The summed E-state index contributed by atoms with van der Waals surface area (Å²) in [6.45, 7) is 0.159. The van der Waals surface area contributed by atoms with E-state index < -0.39 is 17.9 Å². The van der Waals surface area contributed by atoms with Crippen molar-refractivity contribution in [3.8, 4) is 0 Å². The molecule has 11 heavy (non-hydrogen) atoms. The minimum atomic E-state index is -1.19. The monoisotopic (exact) mass is 161 g/mol. The lowest BCUT2D eigenvalue weighted by Crippen LogP contribution is -2.27. The van der Waals surface area contributed by atoms with Crippen molar-refractivity contribution in [2.24, 2.45) is 11.7 Å². The van der Waals surface area contributed by atoms with E-state index in [1.165, 1.54) is 0 Å². The van der Waals surface area contributed by atoms with Gasteiger partial charge in [-0.25, -0.2) is 0 Å². The number of hydrogen-bond acceptors (Lipinski definition) is 4. The maximum atomic E-state index is 10.7. The number of rotatable bonds is 4. The number of ether oxygens (including phenoxy) is 1. The summed E-state index contributed by atoms with van der Waals surface area (Å²) in [5.41, 5.74) is 5.09. The van der Waals surface area contributed by atoms with Crippen LogP contribution in [-0.2, 0) is 14.3 Å². The molecule has 0 aromatic rings. The SMILES string of the molecule is COC(=O)C(CCN)C(=O)O. The average Bonchev–Trinajstić information content (AvgIpc) is 1.98. The molecule has 5 heteroatoms. The number of hydrogen-bond donors (Lipinski definition) is 2. The topological polar surface area (TPSA) is 89.6 Å². The van der Waals surface area contributed by atoms with Crippen LogP contribution < -0.4 is 5.73 Å². The van der Waals surface area contributed by atoms with Crippen LogP contribution in [0.15, 0.2) is 0 Å². The lowest BCUT2D eigenvalue weighted by atomic mass is 10.1. The fraction of sp³-hybridized carbons (Fsp3) is 0.667. The zero-order valence-electron chi connectivity index (χ0n) is 6.24. The molecule has 1 unspecified atom stereocenters. The summed E-state index contributed by atoms with van der Waals surface area (Å²) in [6.07, 6.45) is 0.113. The highest BCUT2D eigenvalue weighted by atomic mass is 16.5. The number of methoxy groups -OCH3 is 1. The van der Waals surface area contributed by atoms with E-state index in [4.69, 9.17) is 10.8 Å². The molecular formula is C6H11NO4. The van der Waals surface area contributed by atoms with Gasteiger partial charge in [-0.15, -0.1) is 0 Å². The third-order valence-corrected chi connectivity index (χ3v) is 1.24. The maximum absolute atomic E-state index is 10.7. The van der Waals surface area contributed by atoms with Crippen LogP contribution in [0.4, 0.5) is 0 Å². The molecule has 0 radical (unpaired) electrons. The molecule has 0 aromatic heterocycles. The Morgan fingerprint density at radius 1 is 1.64 bits per heavy atom. The predicted molar refractivity (Wildman–Crippen MR) is 36.8 cm³/mol. The van der Waals surface area contributed by atoms with Gasteiger partial charge in [-0.1, -0.05) is 0 Å². The molecule has 0 spiro atoms. The minimum absolute atomic E-state index is 0.113. The van der Waals surface area contributed by atoms with Gasteiger partial charge >= 0.3 is 11.9 Å². The second-order valence-electron chi connectivity index (χ2n) is 1.99. The summed E-state index contributed by atoms with van der Waals surface area (Å²) in [4.78, 5) is 21.0. The number of carbonyl (C=O) groups is 2. The summed E-state index contributed by atoms with van der Waals surface area (Å²) >= 11 is 0. The molecule has 0 saturated carbocycles. The van der Waals surface area contributed by atoms with Crippen molar-refractivity contribution < 1.29 is 19.4 Å². The molecular weight excluding hydrogens is 150 g/mol. The summed E-state index contributed by atoms with van der Waals surface area (Å²) in [5, 5.41) is 8.45. The normalized spacial score (nSPS) is 12.2. The number of carboxylic acids is 1. The average molecular weight is 161 g/mol. The van der Waals surface area contributed by atoms with Crippen molar-refractivity contribution in [2.75, 3.05) is 13.7 Å². The Morgan fingerprint density at radius 3 is 2.45 bits per heavy atom. The van der Waals surface area contributed by atoms with Gasteiger partial charge in [0.1, 0.15) is 0 Å². The molecule has 64 valence electrons. The van der Waals surface area contributed by atoms with Crippen molar-refractivity contribution in [3.05, 3.63) is 0 Å². The Labute approximate surface area is 64.1 Å². The quantitative estimate of drug-likeness (QED) is 0.416. The van der Waals surface area contributed by atoms with Gasteiger partial charge in [0.05, 0.1) is 7.11 Å². The summed E-state index contributed by atoms with van der Waals surface area (Å²) < 4.78 is 4.25. The first-order valence-electron chi connectivity index (χ1n) is 3.14. The lowest BCUT2D eigenvalue weighted by molar-refractivity contribution is -0.156. The Kier molecular flexibility index (Phi) is 4.21. The summed E-state index contributed by atoms with van der Waals surface area (Å²) in [7, 11) is 1.15. The molecule has 0 aromatic carbocycles. The fourth-order valence-electron chi connectivity index (χ4n) is 0.651. The van der Waals surface area contributed by atoms with Crippen LogP contribution in [0.1, 0.15) is 6.42 Å². The summed E-state index contributed by atoms with van der Waals surface area (Å²) in [5.74, 6) is -3.06. The molecule has 3 N–H and O–H groups in total. The van der Waals surface area contributed by atoms with Crippen LogP contribution in [0.5, 0.6) is 0 Å². The zero-order valence-corrected chi connectivity index (χ0v) is 6.24. The van der Waals surface area contributed by atoms with Crippen LogP contribution in [0.2, 0.25) is 0 Å². The van der Waals surface area contributed by atoms with E-state index in [9.17, 15) is 9.59 Å². The molecule has 0 aliphatic carbocycles. The second kappa shape index (κ2) is 4.68. The van der Waals surface area contributed by atoms with E-state index in [1.807, 2.05) is 0 Å². The van der Waals surface area contributed by atoms with Crippen molar-refractivity contribution in [3.63, 3.8) is 0 Å². The van der Waals surface area contributed by atoms with Gasteiger partial charge in [-0.05, 0) is 13.0 Å². The van der Waals surface area contributed by atoms with E-state index in [1.54, 1.807) is 0 Å². The molecule has 0 aliphatic rings. The second-order valence-corrected chi connectivity index (χ2v) is 1.99. The first kappa shape index (κ1) is 9.90. The lowest BCUT2D eigenvalue weighted by Gasteiger charge is -2.06.